The van der Waals surface area contributed by atoms with Crippen LogP contribution in [0, 0.1) is 13.8 Å². The van der Waals surface area contributed by atoms with E-state index in [0.29, 0.717) is 5.56 Å². The number of nitrogen functional groups attached to an aromatic ring is 1. The Kier molecular flexibility index (Phi) is 4.01. The van der Waals surface area contributed by atoms with Crippen LogP contribution in [-0.2, 0) is 10.0 Å². The molecule has 0 fully saturated rings. The van der Waals surface area contributed by atoms with Gasteiger partial charge < -0.3 is 5.73 Å². The standard InChI is InChI=1S/C13H14BrN3O2S/c1-8-3-5-11(15)13(9(8)2)20(18,19)17-12-6-4-10(14)7-16-12/h3-7H,15H2,1-2H3,(H,16,17). The zero-order valence-electron chi connectivity index (χ0n) is 11.0. The van der Waals surface area contributed by atoms with E-state index in [1.54, 1.807) is 31.2 Å². The molecule has 1 aromatic carbocycles. The minimum Gasteiger partial charge on any atom is -0.398 e. The van der Waals surface area contributed by atoms with E-state index >= 15 is 0 Å². The summed E-state index contributed by atoms with van der Waals surface area (Å²) in [7, 11) is -3.76. The Morgan fingerprint density at radius 2 is 1.90 bits per heavy atom. The normalized spacial score (nSPS) is 11.3. The molecule has 5 nitrogen and oxygen atoms in total. The van der Waals surface area contributed by atoms with E-state index in [1.807, 2.05) is 6.92 Å². The Hall–Kier alpha value is -1.60. The fourth-order valence-corrected chi connectivity index (χ4v) is 3.47. The van der Waals surface area contributed by atoms with Crippen molar-refractivity contribution in [1.29, 1.82) is 0 Å². The number of halogens is 1. The maximum Gasteiger partial charge on any atom is 0.265 e. The molecule has 0 saturated carbocycles. The Morgan fingerprint density at radius 3 is 2.50 bits per heavy atom. The van der Waals surface area contributed by atoms with E-state index in [-0.39, 0.29) is 16.4 Å². The number of anilines is 2. The first kappa shape index (κ1) is 14.8. The summed E-state index contributed by atoms with van der Waals surface area (Å²) >= 11 is 3.24. The van der Waals surface area contributed by atoms with Crippen LogP contribution < -0.4 is 10.5 Å². The average Bonchev–Trinajstić information content (AvgIpc) is 2.37. The molecule has 1 aromatic heterocycles. The van der Waals surface area contributed by atoms with Crippen LogP contribution in [0.1, 0.15) is 11.1 Å². The maximum absolute atomic E-state index is 12.4. The highest BCUT2D eigenvalue weighted by atomic mass is 79.9. The minimum atomic E-state index is -3.76. The van der Waals surface area contributed by atoms with Gasteiger partial charge in [0.05, 0.1) is 5.69 Å². The molecule has 0 bridgehead atoms. The molecule has 7 heteroatoms. The zero-order valence-corrected chi connectivity index (χ0v) is 13.4. The highest BCUT2D eigenvalue weighted by Gasteiger charge is 2.21. The number of nitrogens with zero attached hydrogens (tertiary/aromatic N) is 1. The second kappa shape index (κ2) is 5.41. The third-order valence-electron chi connectivity index (χ3n) is 2.94. The Balaban J connectivity index is 2.46. The smallest absolute Gasteiger partial charge is 0.265 e. The van der Waals surface area contributed by atoms with E-state index in [1.165, 1.54) is 6.20 Å². The van der Waals surface area contributed by atoms with Gasteiger partial charge in [0, 0.05) is 10.7 Å². The van der Waals surface area contributed by atoms with Crippen molar-refractivity contribution in [2.24, 2.45) is 0 Å². The third kappa shape index (κ3) is 2.94. The average molecular weight is 356 g/mol. The number of pyridine rings is 1. The van der Waals surface area contributed by atoms with E-state index in [4.69, 9.17) is 5.73 Å². The summed E-state index contributed by atoms with van der Waals surface area (Å²) in [5.41, 5.74) is 7.53. The van der Waals surface area contributed by atoms with Crippen molar-refractivity contribution in [3.8, 4) is 0 Å². The summed E-state index contributed by atoms with van der Waals surface area (Å²) in [5, 5.41) is 0. The van der Waals surface area contributed by atoms with Gasteiger partial charge in [-0.2, -0.15) is 0 Å². The van der Waals surface area contributed by atoms with Gasteiger partial charge in [0.15, 0.2) is 0 Å². The van der Waals surface area contributed by atoms with Crippen molar-refractivity contribution in [2.45, 2.75) is 18.7 Å². The zero-order chi connectivity index (χ0) is 14.9. The van der Waals surface area contributed by atoms with E-state index in [2.05, 4.69) is 25.6 Å². The number of aromatic nitrogens is 1. The van der Waals surface area contributed by atoms with Crippen LogP contribution in [0.25, 0.3) is 0 Å². The first-order valence-electron chi connectivity index (χ1n) is 5.81. The van der Waals surface area contributed by atoms with Crippen molar-refractivity contribution >= 4 is 37.5 Å². The number of hydrogen-bond donors (Lipinski definition) is 2. The molecule has 0 atom stereocenters. The highest BCUT2D eigenvalue weighted by Crippen LogP contribution is 2.27. The monoisotopic (exact) mass is 355 g/mol. The van der Waals surface area contributed by atoms with Gasteiger partial charge in [0.25, 0.3) is 10.0 Å². The predicted molar refractivity (Wildman–Crippen MR) is 83.1 cm³/mol. The molecule has 0 unspecified atom stereocenters. The fraction of sp³-hybridized carbons (Fsp3) is 0.154. The Labute approximate surface area is 126 Å². The topological polar surface area (TPSA) is 85.1 Å². The third-order valence-corrected chi connectivity index (χ3v) is 4.97. The van der Waals surface area contributed by atoms with Crippen molar-refractivity contribution in [3.05, 3.63) is 46.1 Å². The molecule has 0 spiro atoms. The summed E-state index contributed by atoms with van der Waals surface area (Å²) in [6, 6.07) is 6.66. The number of nitrogens with two attached hydrogens (primary N) is 1. The largest absolute Gasteiger partial charge is 0.398 e. The van der Waals surface area contributed by atoms with Crippen LogP contribution in [0.15, 0.2) is 39.8 Å². The van der Waals surface area contributed by atoms with Gasteiger partial charge in [-0.25, -0.2) is 13.4 Å². The van der Waals surface area contributed by atoms with Gasteiger partial charge in [0.2, 0.25) is 0 Å². The highest BCUT2D eigenvalue weighted by molar-refractivity contribution is 9.10. The molecule has 0 aliphatic heterocycles. The van der Waals surface area contributed by atoms with E-state index in [0.717, 1.165) is 10.0 Å². The van der Waals surface area contributed by atoms with Crippen LogP contribution in [0.2, 0.25) is 0 Å². The molecule has 0 aliphatic carbocycles. The van der Waals surface area contributed by atoms with Crippen LogP contribution in [0.5, 0.6) is 0 Å². The number of nitrogens with one attached hydrogen (secondary N) is 1. The Morgan fingerprint density at radius 1 is 1.20 bits per heavy atom. The molecule has 0 saturated heterocycles. The number of aryl methyl sites for hydroxylation is 1. The second-order valence-corrected chi connectivity index (χ2v) is 6.93. The molecular weight excluding hydrogens is 342 g/mol. The van der Waals surface area contributed by atoms with Gasteiger partial charge in [0.1, 0.15) is 10.7 Å². The molecule has 2 rings (SSSR count). The van der Waals surface area contributed by atoms with Crippen molar-refractivity contribution in [3.63, 3.8) is 0 Å². The molecule has 106 valence electrons. The fourth-order valence-electron chi connectivity index (χ4n) is 1.79. The molecule has 0 amide bonds. The number of hydrogen-bond acceptors (Lipinski definition) is 4. The number of benzene rings is 1. The SMILES string of the molecule is Cc1ccc(N)c(S(=O)(=O)Nc2ccc(Br)cn2)c1C. The second-order valence-electron chi connectivity index (χ2n) is 4.39. The van der Waals surface area contributed by atoms with Gasteiger partial charge in [-0.3, -0.25) is 4.72 Å². The first-order chi connectivity index (χ1) is 9.31. The predicted octanol–water partition coefficient (Wildman–Crippen LogP) is 2.84. The lowest BCUT2D eigenvalue weighted by atomic mass is 10.1. The van der Waals surface area contributed by atoms with Crippen LogP contribution in [0.3, 0.4) is 0 Å². The van der Waals surface area contributed by atoms with Crippen molar-refractivity contribution in [1.82, 2.24) is 4.98 Å². The van der Waals surface area contributed by atoms with E-state index in [9.17, 15) is 8.42 Å². The van der Waals surface area contributed by atoms with Crippen LogP contribution in [0.4, 0.5) is 11.5 Å². The van der Waals surface area contributed by atoms with Crippen LogP contribution in [-0.4, -0.2) is 13.4 Å². The van der Waals surface area contributed by atoms with Gasteiger partial charge in [-0.15, -0.1) is 0 Å². The first-order valence-corrected chi connectivity index (χ1v) is 8.09. The summed E-state index contributed by atoms with van der Waals surface area (Å²) in [6.45, 7) is 3.57. The quantitative estimate of drug-likeness (QED) is 0.829. The molecular formula is C13H14BrN3O2S. The lowest BCUT2D eigenvalue weighted by Gasteiger charge is -2.13. The Bertz CT molecular complexity index is 743. The molecule has 1 heterocycles. The number of rotatable bonds is 3. The van der Waals surface area contributed by atoms with Gasteiger partial charge in [-0.1, -0.05) is 6.07 Å². The summed E-state index contributed by atoms with van der Waals surface area (Å²) < 4.78 is 28.1. The lowest BCUT2D eigenvalue weighted by Crippen LogP contribution is -2.17. The summed E-state index contributed by atoms with van der Waals surface area (Å²) in [6.07, 6.45) is 1.52. The molecule has 3 N–H and O–H groups in total. The van der Waals surface area contributed by atoms with Gasteiger partial charge >= 0.3 is 0 Å². The minimum absolute atomic E-state index is 0.0993. The van der Waals surface area contributed by atoms with Crippen molar-refractivity contribution in [2.75, 3.05) is 10.5 Å². The lowest BCUT2D eigenvalue weighted by molar-refractivity contribution is 0.600. The molecule has 20 heavy (non-hydrogen) atoms. The molecule has 2 aromatic rings. The number of sulfonamides is 1. The summed E-state index contributed by atoms with van der Waals surface area (Å²) in [5.74, 6) is 0.244. The maximum atomic E-state index is 12.4. The molecule has 0 aliphatic rings. The van der Waals surface area contributed by atoms with Crippen molar-refractivity contribution < 1.29 is 8.42 Å². The van der Waals surface area contributed by atoms with Gasteiger partial charge in [-0.05, 0) is 59.1 Å². The summed E-state index contributed by atoms with van der Waals surface area (Å²) in [4.78, 5) is 4.09. The van der Waals surface area contributed by atoms with E-state index < -0.39 is 10.0 Å². The van der Waals surface area contributed by atoms with Crippen LogP contribution >= 0.6 is 15.9 Å². The molecule has 0 radical (unpaired) electrons.